The number of aryl methyl sites for hydroxylation is 2. The van der Waals surface area contributed by atoms with E-state index in [2.05, 4.69) is 76.2 Å². The molecule has 2 heteroatoms. The predicted molar refractivity (Wildman–Crippen MR) is 95.4 cm³/mol. The Morgan fingerprint density at radius 3 is 1.29 bits per heavy atom. The van der Waals surface area contributed by atoms with Gasteiger partial charge in [0.1, 0.15) is 11.2 Å². The van der Waals surface area contributed by atoms with Crippen molar-refractivity contribution in [3.8, 4) is 0 Å². The van der Waals surface area contributed by atoms with Crippen molar-refractivity contribution in [2.24, 2.45) is 11.8 Å². The average molecular weight is 322 g/mol. The minimum atomic E-state index is -0.320. The molecule has 0 spiro atoms. The molecule has 0 unspecified atom stereocenters. The highest BCUT2D eigenvalue weighted by molar-refractivity contribution is 5.34. The van der Waals surface area contributed by atoms with Gasteiger partial charge in [0.25, 0.3) is 0 Å². The van der Waals surface area contributed by atoms with Gasteiger partial charge < -0.3 is 0 Å². The number of fused-ring (bicyclic) bond motifs is 3. The van der Waals surface area contributed by atoms with Crippen LogP contribution in [0.2, 0.25) is 0 Å². The molecule has 1 saturated carbocycles. The van der Waals surface area contributed by atoms with Gasteiger partial charge in [0.05, 0.1) is 0 Å². The van der Waals surface area contributed by atoms with Crippen LogP contribution in [0, 0.1) is 25.7 Å². The van der Waals surface area contributed by atoms with Crippen molar-refractivity contribution < 1.29 is 9.78 Å². The van der Waals surface area contributed by atoms with Crippen molar-refractivity contribution in [2.75, 3.05) is 0 Å². The molecule has 0 radical (unpaired) electrons. The Morgan fingerprint density at radius 2 is 1.00 bits per heavy atom. The first kappa shape index (κ1) is 15.9. The summed E-state index contributed by atoms with van der Waals surface area (Å²) in [6.45, 7) is 8.87. The van der Waals surface area contributed by atoms with Crippen LogP contribution in [0.15, 0.2) is 48.5 Å². The summed E-state index contributed by atoms with van der Waals surface area (Å²) >= 11 is 0. The quantitative estimate of drug-likeness (QED) is 0.687. The fourth-order valence-electron chi connectivity index (χ4n) is 4.60. The Hall–Kier alpha value is -1.64. The van der Waals surface area contributed by atoms with E-state index < -0.39 is 0 Å². The van der Waals surface area contributed by atoms with Crippen LogP contribution in [-0.2, 0) is 21.0 Å². The SMILES string of the molecule is Cc1ccc([C@]23CC[C@](c4ccc(C)cc4)(OO2)[C@@H](C)[C@H]3C)cc1. The van der Waals surface area contributed by atoms with Crippen LogP contribution in [0.25, 0.3) is 0 Å². The molecule has 2 aromatic carbocycles. The number of hydrogen-bond acceptors (Lipinski definition) is 2. The van der Waals surface area contributed by atoms with Gasteiger partial charge in [0.15, 0.2) is 0 Å². The minimum Gasteiger partial charge on any atom is -0.224 e. The summed E-state index contributed by atoms with van der Waals surface area (Å²) in [6, 6.07) is 17.5. The summed E-state index contributed by atoms with van der Waals surface area (Å²) in [6.07, 6.45) is 1.99. The minimum absolute atomic E-state index is 0.320. The molecular formula is C22H26O2. The van der Waals surface area contributed by atoms with Crippen LogP contribution in [-0.4, -0.2) is 0 Å². The smallest absolute Gasteiger partial charge is 0.131 e. The van der Waals surface area contributed by atoms with Crippen molar-refractivity contribution in [3.05, 3.63) is 70.8 Å². The first-order valence-electron chi connectivity index (χ1n) is 8.99. The summed E-state index contributed by atoms with van der Waals surface area (Å²) in [4.78, 5) is 12.3. The van der Waals surface area contributed by atoms with E-state index in [1.54, 1.807) is 0 Å². The van der Waals surface area contributed by atoms with Crippen molar-refractivity contribution in [1.82, 2.24) is 0 Å². The normalized spacial score (nSPS) is 35.2. The number of hydrogen-bond donors (Lipinski definition) is 0. The largest absolute Gasteiger partial charge is 0.224 e. The average Bonchev–Trinajstić information content (AvgIpc) is 2.61. The van der Waals surface area contributed by atoms with Crippen molar-refractivity contribution >= 4 is 0 Å². The third kappa shape index (κ3) is 2.09. The van der Waals surface area contributed by atoms with Crippen molar-refractivity contribution in [1.29, 1.82) is 0 Å². The van der Waals surface area contributed by atoms with Gasteiger partial charge in [-0.1, -0.05) is 73.5 Å². The first-order valence-corrected chi connectivity index (χ1v) is 8.99. The van der Waals surface area contributed by atoms with Gasteiger partial charge in [-0.2, -0.15) is 0 Å². The second kappa shape index (κ2) is 5.44. The summed E-state index contributed by atoms with van der Waals surface area (Å²) in [5.41, 5.74) is 4.39. The van der Waals surface area contributed by atoms with Crippen LogP contribution >= 0.6 is 0 Å². The molecule has 3 aliphatic rings. The second-order valence-corrected chi connectivity index (χ2v) is 7.76. The maximum Gasteiger partial charge on any atom is 0.131 e. The first-order chi connectivity index (χ1) is 11.5. The van der Waals surface area contributed by atoms with E-state index >= 15 is 0 Å². The Labute approximate surface area is 144 Å². The van der Waals surface area contributed by atoms with E-state index in [-0.39, 0.29) is 11.2 Å². The molecule has 3 fully saturated rings. The maximum atomic E-state index is 6.16. The second-order valence-electron chi connectivity index (χ2n) is 7.76. The molecule has 1 aliphatic carbocycles. The molecule has 2 bridgehead atoms. The highest BCUT2D eigenvalue weighted by Crippen LogP contribution is 2.60. The molecule has 5 rings (SSSR count). The Balaban J connectivity index is 1.73. The Bertz CT molecular complexity index is 656. The fourth-order valence-corrected chi connectivity index (χ4v) is 4.60. The zero-order chi connectivity index (χ0) is 16.9. The molecule has 2 nitrogen and oxygen atoms in total. The van der Waals surface area contributed by atoms with E-state index in [9.17, 15) is 0 Å². The lowest BCUT2D eigenvalue weighted by Crippen LogP contribution is -2.59. The van der Waals surface area contributed by atoms with Crippen LogP contribution in [0.5, 0.6) is 0 Å². The standard InChI is InChI=1S/C22H26O2/c1-15-5-9-19(10-6-15)21-13-14-22(24-23-21,18(4)17(21)3)20-11-7-16(2)8-12-20/h5-12,17-18H,13-14H2,1-4H3/t17-,18+,21-,22+. The highest BCUT2D eigenvalue weighted by atomic mass is 17.2. The van der Waals surface area contributed by atoms with E-state index in [4.69, 9.17) is 9.78 Å². The molecule has 0 N–H and O–H groups in total. The summed E-state index contributed by atoms with van der Waals surface area (Å²) in [5.74, 6) is 0.785. The van der Waals surface area contributed by atoms with Crippen molar-refractivity contribution in [3.63, 3.8) is 0 Å². The lowest BCUT2D eigenvalue weighted by atomic mass is 9.58. The summed E-state index contributed by atoms with van der Waals surface area (Å²) < 4.78 is 0. The Morgan fingerprint density at radius 1 is 0.667 bits per heavy atom. The molecule has 2 aromatic rings. The van der Waals surface area contributed by atoms with Crippen LogP contribution in [0.3, 0.4) is 0 Å². The third-order valence-electron chi connectivity index (χ3n) is 6.51. The van der Waals surface area contributed by atoms with E-state index in [0.717, 1.165) is 12.8 Å². The number of benzene rings is 2. The van der Waals surface area contributed by atoms with Crippen LogP contribution < -0.4 is 0 Å². The molecule has 24 heavy (non-hydrogen) atoms. The molecule has 0 amide bonds. The van der Waals surface area contributed by atoms with E-state index in [0.29, 0.717) is 11.8 Å². The highest BCUT2D eigenvalue weighted by Gasteiger charge is 2.61. The zero-order valence-electron chi connectivity index (χ0n) is 15.0. The van der Waals surface area contributed by atoms with Gasteiger partial charge in [0, 0.05) is 0 Å². The predicted octanol–water partition coefficient (Wildman–Crippen LogP) is 5.42. The summed E-state index contributed by atoms with van der Waals surface area (Å²) in [5, 5.41) is 0. The monoisotopic (exact) mass is 322 g/mol. The zero-order valence-corrected chi connectivity index (χ0v) is 15.0. The number of rotatable bonds is 2. The molecule has 2 heterocycles. The van der Waals surface area contributed by atoms with Crippen molar-refractivity contribution in [2.45, 2.75) is 51.7 Å². The van der Waals surface area contributed by atoms with Gasteiger partial charge in [0.2, 0.25) is 0 Å². The van der Waals surface area contributed by atoms with Gasteiger partial charge in [-0.15, -0.1) is 0 Å². The summed E-state index contributed by atoms with van der Waals surface area (Å²) in [7, 11) is 0. The molecule has 0 aromatic heterocycles. The maximum absolute atomic E-state index is 6.16. The van der Waals surface area contributed by atoms with Gasteiger partial charge in [-0.25, -0.2) is 9.78 Å². The van der Waals surface area contributed by atoms with Gasteiger partial charge in [-0.3, -0.25) is 0 Å². The Kier molecular flexibility index (Phi) is 3.59. The third-order valence-corrected chi connectivity index (χ3v) is 6.51. The lowest BCUT2D eigenvalue weighted by Gasteiger charge is -2.59. The van der Waals surface area contributed by atoms with Gasteiger partial charge >= 0.3 is 0 Å². The fraction of sp³-hybridized carbons (Fsp3) is 0.455. The van der Waals surface area contributed by atoms with Crippen LogP contribution in [0.1, 0.15) is 48.9 Å². The molecule has 2 saturated heterocycles. The molecule has 2 aliphatic heterocycles. The topological polar surface area (TPSA) is 18.5 Å². The molecular weight excluding hydrogens is 296 g/mol. The molecule has 126 valence electrons. The lowest BCUT2D eigenvalue weighted by molar-refractivity contribution is -0.506. The van der Waals surface area contributed by atoms with E-state index in [1.165, 1.54) is 22.3 Å². The molecule has 4 atom stereocenters. The van der Waals surface area contributed by atoms with Gasteiger partial charge in [-0.05, 0) is 49.7 Å². The van der Waals surface area contributed by atoms with Crippen LogP contribution in [0.4, 0.5) is 0 Å². The van der Waals surface area contributed by atoms with E-state index in [1.807, 2.05) is 0 Å².